The van der Waals surface area contributed by atoms with Crippen LogP contribution in [0.3, 0.4) is 0 Å². The average molecular weight is 368 g/mol. The number of nitrogens with one attached hydrogen (secondary N) is 1. The molecule has 2 aromatic carbocycles. The summed E-state index contributed by atoms with van der Waals surface area (Å²) < 4.78 is 1.88. The summed E-state index contributed by atoms with van der Waals surface area (Å²) in [6, 6.07) is 18.4. The first-order chi connectivity index (χ1) is 13.5. The number of aromatic carboxylic acids is 1. The first-order valence-corrected chi connectivity index (χ1v) is 8.65. The Morgan fingerprint density at radius 2 is 2.00 bits per heavy atom. The van der Waals surface area contributed by atoms with Crippen LogP contribution in [0.15, 0.2) is 60.8 Å². The molecule has 0 aliphatic carbocycles. The number of fused-ring (bicyclic) bond motifs is 1. The van der Waals surface area contributed by atoms with Crippen molar-refractivity contribution >= 4 is 28.7 Å². The molecule has 0 bridgehead atoms. The zero-order valence-corrected chi connectivity index (χ0v) is 15.0. The van der Waals surface area contributed by atoms with Crippen molar-refractivity contribution in [3.05, 3.63) is 83.4 Å². The molecule has 0 radical (unpaired) electrons. The number of imidazole rings is 1. The van der Waals surface area contributed by atoms with Gasteiger partial charge in [0, 0.05) is 17.6 Å². The highest BCUT2D eigenvalue weighted by Crippen LogP contribution is 2.22. The molecule has 28 heavy (non-hydrogen) atoms. The molecule has 2 aromatic heterocycles. The number of carbonyl (C=O) groups is 1. The number of H-pyrrole nitrogens is 1. The van der Waals surface area contributed by atoms with Crippen LogP contribution in [0.2, 0.25) is 0 Å². The Morgan fingerprint density at radius 1 is 1.21 bits per heavy atom. The third-order valence-electron chi connectivity index (χ3n) is 4.48. The predicted molar refractivity (Wildman–Crippen MR) is 107 cm³/mol. The number of carboxylic acids is 1. The quantitative estimate of drug-likeness (QED) is 0.521. The largest absolute Gasteiger partial charge is 0.478 e. The molecule has 0 amide bonds. The van der Waals surface area contributed by atoms with Crippen LogP contribution in [0.5, 0.6) is 0 Å². The molecule has 2 heterocycles. The van der Waals surface area contributed by atoms with Crippen LogP contribution >= 0.6 is 0 Å². The highest BCUT2D eigenvalue weighted by atomic mass is 16.4. The Balaban J connectivity index is 1.74. The summed E-state index contributed by atoms with van der Waals surface area (Å²) >= 11 is 0. The molecule has 136 valence electrons. The van der Waals surface area contributed by atoms with E-state index >= 15 is 0 Å². The number of benzene rings is 2. The predicted octanol–water partition coefficient (Wildman–Crippen LogP) is 4.42. The average Bonchev–Trinajstić information content (AvgIpc) is 3.32. The molecule has 0 unspecified atom stereocenters. The van der Waals surface area contributed by atoms with Crippen molar-refractivity contribution in [1.82, 2.24) is 14.5 Å². The number of hydrogen-bond acceptors (Lipinski definition) is 3. The fourth-order valence-corrected chi connectivity index (χ4v) is 3.06. The number of aromatic nitrogens is 3. The minimum absolute atomic E-state index is 0.225. The molecule has 4 rings (SSSR count). The molecule has 0 spiro atoms. The van der Waals surface area contributed by atoms with Gasteiger partial charge in [-0.2, -0.15) is 5.26 Å². The van der Waals surface area contributed by atoms with Gasteiger partial charge in [0.2, 0.25) is 0 Å². The van der Waals surface area contributed by atoms with Gasteiger partial charge in [-0.05, 0) is 67.1 Å². The van der Waals surface area contributed by atoms with Gasteiger partial charge in [-0.25, -0.2) is 9.78 Å². The summed E-state index contributed by atoms with van der Waals surface area (Å²) in [5.74, 6) is -0.455. The van der Waals surface area contributed by atoms with Crippen molar-refractivity contribution in [3.8, 4) is 11.8 Å². The second-order valence-corrected chi connectivity index (χ2v) is 6.43. The molecule has 0 saturated carbocycles. The van der Waals surface area contributed by atoms with Crippen LogP contribution in [0.4, 0.5) is 0 Å². The van der Waals surface area contributed by atoms with Gasteiger partial charge in [0.1, 0.15) is 11.9 Å². The Hall–Kier alpha value is -4.11. The van der Waals surface area contributed by atoms with E-state index in [1.165, 1.54) is 0 Å². The Morgan fingerprint density at radius 3 is 2.71 bits per heavy atom. The van der Waals surface area contributed by atoms with E-state index in [-0.39, 0.29) is 5.56 Å². The van der Waals surface area contributed by atoms with E-state index < -0.39 is 5.97 Å². The van der Waals surface area contributed by atoms with Gasteiger partial charge in [-0.15, -0.1) is 0 Å². The maximum absolute atomic E-state index is 11.0. The van der Waals surface area contributed by atoms with Crippen molar-refractivity contribution in [2.24, 2.45) is 0 Å². The summed E-state index contributed by atoms with van der Waals surface area (Å²) in [4.78, 5) is 18.8. The van der Waals surface area contributed by atoms with Crippen molar-refractivity contribution in [2.75, 3.05) is 0 Å². The van der Waals surface area contributed by atoms with Gasteiger partial charge in [0.05, 0.1) is 22.2 Å². The van der Waals surface area contributed by atoms with Crippen molar-refractivity contribution in [3.63, 3.8) is 0 Å². The number of nitriles is 1. The van der Waals surface area contributed by atoms with Crippen LogP contribution < -0.4 is 0 Å². The Bertz CT molecular complexity index is 1250. The molecule has 6 nitrogen and oxygen atoms in total. The van der Waals surface area contributed by atoms with E-state index in [9.17, 15) is 10.1 Å². The van der Waals surface area contributed by atoms with Crippen LogP contribution in [0.1, 0.15) is 27.4 Å². The minimum atomic E-state index is -0.967. The number of allylic oxidation sites excluding steroid dienone is 1. The molecule has 0 aliphatic heterocycles. The standard InChI is InChI=1S/C22H16N4O2/c1-14-4-9-19-20(11-14)25-21(24-19)16(13-23)12-18-3-2-10-26(18)17-7-5-15(6-8-17)22(27)28/h2-12H,1H3,(H,24,25)(H,27,28). The SMILES string of the molecule is Cc1ccc2nc(C(C#N)=Cc3cccn3-c3ccc(C(=O)O)cc3)[nH]c2c1. The van der Waals surface area contributed by atoms with Crippen LogP contribution in [0, 0.1) is 18.3 Å². The number of hydrogen-bond donors (Lipinski definition) is 2. The highest BCUT2D eigenvalue weighted by Gasteiger charge is 2.10. The van der Waals surface area contributed by atoms with Crippen molar-refractivity contribution < 1.29 is 9.90 Å². The third-order valence-corrected chi connectivity index (χ3v) is 4.48. The van der Waals surface area contributed by atoms with E-state index in [1.54, 1.807) is 30.3 Å². The zero-order chi connectivity index (χ0) is 19.7. The summed E-state index contributed by atoms with van der Waals surface area (Å²) in [5, 5.41) is 18.7. The fourth-order valence-electron chi connectivity index (χ4n) is 3.06. The molecule has 0 saturated heterocycles. The summed E-state index contributed by atoms with van der Waals surface area (Å²) in [6.07, 6.45) is 3.62. The van der Waals surface area contributed by atoms with Crippen LogP contribution in [0.25, 0.3) is 28.4 Å². The molecule has 0 atom stereocenters. The zero-order valence-electron chi connectivity index (χ0n) is 15.0. The molecular weight excluding hydrogens is 352 g/mol. The lowest BCUT2D eigenvalue weighted by Crippen LogP contribution is -1.99. The van der Waals surface area contributed by atoms with E-state index in [2.05, 4.69) is 16.0 Å². The topological polar surface area (TPSA) is 94.7 Å². The van der Waals surface area contributed by atoms with Gasteiger partial charge in [-0.1, -0.05) is 6.07 Å². The number of aryl methyl sites for hydroxylation is 1. The van der Waals surface area contributed by atoms with Crippen LogP contribution in [-0.2, 0) is 0 Å². The van der Waals surface area contributed by atoms with E-state index in [4.69, 9.17) is 5.11 Å². The Kier molecular flexibility index (Phi) is 4.26. The maximum atomic E-state index is 11.0. The monoisotopic (exact) mass is 368 g/mol. The Labute approximate surface area is 161 Å². The second-order valence-electron chi connectivity index (χ2n) is 6.43. The highest BCUT2D eigenvalue weighted by molar-refractivity contribution is 5.90. The molecule has 0 aliphatic rings. The van der Waals surface area contributed by atoms with E-state index in [0.29, 0.717) is 11.4 Å². The van der Waals surface area contributed by atoms with Gasteiger partial charge in [-0.3, -0.25) is 0 Å². The van der Waals surface area contributed by atoms with Crippen molar-refractivity contribution in [1.29, 1.82) is 5.26 Å². The second kappa shape index (κ2) is 6.89. The number of aromatic amines is 1. The first-order valence-electron chi connectivity index (χ1n) is 8.65. The third kappa shape index (κ3) is 3.17. The lowest BCUT2D eigenvalue weighted by Gasteiger charge is -2.07. The van der Waals surface area contributed by atoms with E-state index in [1.807, 2.05) is 48.0 Å². The lowest BCUT2D eigenvalue weighted by atomic mass is 10.2. The maximum Gasteiger partial charge on any atom is 0.335 e. The molecular formula is C22H16N4O2. The molecule has 2 N–H and O–H groups in total. The molecule has 4 aromatic rings. The summed E-state index contributed by atoms with van der Waals surface area (Å²) in [7, 11) is 0. The normalized spacial score (nSPS) is 11.5. The number of nitrogens with zero attached hydrogens (tertiary/aromatic N) is 3. The van der Waals surface area contributed by atoms with Gasteiger partial charge < -0.3 is 14.7 Å². The van der Waals surface area contributed by atoms with Gasteiger partial charge in [0.15, 0.2) is 0 Å². The summed E-state index contributed by atoms with van der Waals surface area (Å²) in [6.45, 7) is 2.00. The smallest absolute Gasteiger partial charge is 0.335 e. The van der Waals surface area contributed by atoms with E-state index in [0.717, 1.165) is 28.0 Å². The minimum Gasteiger partial charge on any atom is -0.478 e. The number of carboxylic acid groups (broad SMARTS) is 1. The molecule has 0 fully saturated rings. The summed E-state index contributed by atoms with van der Waals surface area (Å²) in [5.41, 5.74) is 5.04. The van der Waals surface area contributed by atoms with Gasteiger partial charge in [0.25, 0.3) is 0 Å². The first kappa shape index (κ1) is 17.3. The van der Waals surface area contributed by atoms with Crippen LogP contribution in [-0.4, -0.2) is 25.6 Å². The fraction of sp³-hybridized carbons (Fsp3) is 0.0455. The number of rotatable bonds is 4. The van der Waals surface area contributed by atoms with Crippen molar-refractivity contribution in [2.45, 2.75) is 6.92 Å². The molecule has 6 heteroatoms. The van der Waals surface area contributed by atoms with Gasteiger partial charge >= 0.3 is 5.97 Å². The lowest BCUT2D eigenvalue weighted by molar-refractivity contribution is 0.0697.